The Morgan fingerprint density at radius 2 is 1.89 bits per heavy atom. The number of rotatable bonds is 6. The lowest BCUT2D eigenvalue weighted by molar-refractivity contribution is 0.577. The molecular formula is C12H17N3O2S. The van der Waals surface area contributed by atoms with Gasteiger partial charge in [-0.1, -0.05) is 24.3 Å². The molecule has 1 aromatic carbocycles. The number of hydrogen-bond acceptors (Lipinski definition) is 4. The van der Waals surface area contributed by atoms with Gasteiger partial charge in [-0.2, -0.15) is 5.26 Å². The minimum absolute atomic E-state index is 0.192. The predicted molar refractivity (Wildman–Crippen MR) is 70.0 cm³/mol. The van der Waals surface area contributed by atoms with Crippen molar-refractivity contribution in [2.75, 3.05) is 6.54 Å². The summed E-state index contributed by atoms with van der Waals surface area (Å²) in [4.78, 5) is 0. The molecule has 0 saturated carbocycles. The van der Waals surface area contributed by atoms with Crippen molar-refractivity contribution in [2.45, 2.75) is 25.1 Å². The summed E-state index contributed by atoms with van der Waals surface area (Å²) in [5.74, 6) is 0. The maximum absolute atomic E-state index is 11.6. The zero-order valence-electron chi connectivity index (χ0n) is 10.3. The monoisotopic (exact) mass is 267 g/mol. The Bertz CT molecular complexity index is 517. The van der Waals surface area contributed by atoms with Crippen LogP contribution in [0.1, 0.15) is 18.1 Å². The van der Waals surface area contributed by atoms with E-state index in [1.165, 1.54) is 6.92 Å². The average molecular weight is 267 g/mol. The summed E-state index contributed by atoms with van der Waals surface area (Å²) in [5.41, 5.74) is 7.41. The fraction of sp³-hybridized carbons (Fsp3) is 0.417. The van der Waals surface area contributed by atoms with Gasteiger partial charge in [-0.3, -0.25) is 0 Å². The first kappa shape index (κ1) is 14.6. The number of nitrogens with one attached hydrogen (secondary N) is 1. The van der Waals surface area contributed by atoms with Crippen LogP contribution in [0, 0.1) is 11.3 Å². The van der Waals surface area contributed by atoms with E-state index < -0.39 is 15.3 Å². The van der Waals surface area contributed by atoms with Crippen molar-refractivity contribution >= 4 is 10.0 Å². The third-order valence-electron chi connectivity index (χ3n) is 2.58. The summed E-state index contributed by atoms with van der Waals surface area (Å²) < 4.78 is 25.5. The SMILES string of the molecule is CC(C#N)S(=O)(=O)NCc1ccc(CCN)cc1. The van der Waals surface area contributed by atoms with Crippen LogP contribution in [0.3, 0.4) is 0 Å². The second-order valence-electron chi connectivity index (χ2n) is 3.99. The number of nitriles is 1. The highest BCUT2D eigenvalue weighted by atomic mass is 32.2. The molecule has 0 heterocycles. The lowest BCUT2D eigenvalue weighted by atomic mass is 10.1. The molecule has 0 aliphatic carbocycles. The van der Waals surface area contributed by atoms with Crippen LogP contribution >= 0.6 is 0 Å². The lowest BCUT2D eigenvalue weighted by Crippen LogP contribution is -2.31. The topological polar surface area (TPSA) is 96.0 Å². The lowest BCUT2D eigenvalue weighted by Gasteiger charge is -2.08. The van der Waals surface area contributed by atoms with Crippen LogP contribution in [0.5, 0.6) is 0 Å². The van der Waals surface area contributed by atoms with Crippen molar-refractivity contribution in [1.82, 2.24) is 4.72 Å². The normalized spacial score (nSPS) is 12.9. The van der Waals surface area contributed by atoms with Gasteiger partial charge in [0.1, 0.15) is 0 Å². The highest BCUT2D eigenvalue weighted by Crippen LogP contribution is 2.06. The predicted octanol–water partition coefficient (Wildman–Crippen LogP) is 0.519. The van der Waals surface area contributed by atoms with Crippen LogP contribution in [0.2, 0.25) is 0 Å². The molecule has 0 aliphatic heterocycles. The first-order chi connectivity index (χ1) is 8.49. The molecule has 1 rings (SSSR count). The number of nitrogens with zero attached hydrogens (tertiary/aromatic N) is 1. The Labute approximate surface area is 108 Å². The number of sulfonamides is 1. The molecule has 5 nitrogen and oxygen atoms in total. The Morgan fingerprint density at radius 3 is 2.39 bits per heavy atom. The summed E-state index contributed by atoms with van der Waals surface area (Å²) in [6.07, 6.45) is 0.803. The van der Waals surface area contributed by atoms with Gasteiger partial charge in [0.2, 0.25) is 10.0 Å². The maximum Gasteiger partial charge on any atom is 0.227 e. The fourth-order valence-electron chi connectivity index (χ4n) is 1.37. The van der Waals surface area contributed by atoms with E-state index in [2.05, 4.69) is 4.72 Å². The van der Waals surface area contributed by atoms with Crippen LogP contribution in [0.15, 0.2) is 24.3 Å². The molecule has 0 saturated heterocycles. The smallest absolute Gasteiger partial charge is 0.227 e. The summed E-state index contributed by atoms with van der Waals surface area (Å²) in [7, 11) is -3.56. The molecule has 3 N–H and O–H groups in total. The Kier molecular flexibility index (Phi) is 5.28. The minimum Gasteiger partial charge on any atom is -0.330 e. The molecule has 6 heteroatoms. The standard InChI is InChI=1S/C12H17N3O2S/c1-10(8-14)18(16,17)15-9-12-4-2-11(3-5-12)6-7-13/h2-5,10,15H,6-7,9,13H2,1H3. The molecule has 0 aromatic heterocycles. The van der Waals surface area contributed by atoms with Crippen LogP contribution in [-0.4, -0.2) is 20.2 Å². The van der Waals surface area contributed by atoms with Gasteiger partial charge in [-0.05, 0) is 31.0 Å². The third kappa shape index (κ3) is 4.11. The largest absolute Gasteiger partial charge is 0.330 e. The van der Waals surface area contributed by atoms with Crippen molar-refractivity contribution in [3.05, 3.63) is 35.4 Å². The van der Waals surface area contributed by atoms with Crippen LogP contribution < -0.4 is 10.5 Å². The van der Waals surface area contributed by atoms with Crippen LogP contribution in [0.25, 0.3) is 0 Å². The highest BCUT2D eigenvalue weighted by molar-refractivity contribution is 7.90. The van der Waals surface area contributed by atoms with Gasteiger partial charge in [0.05, 0.1) is 6.07 Å². The zero-order valence-corrected chi connectivity index (χ0v) is 11.1. The van der Waals surface area contributed by atoms with Gasteiger partial charge in [-0.25, -0.2) is 13.1 Å². The van der Waals surface area contributed by atoms with E-state index in [-0.39, 0.29) is 6.54 Å². The van der Waals surface area contributed by atoms with Crippen LogP contribution in [0.4, 0.5) is 0 Å². The Morgan fingerprint density at radius 1 is 1.33 bits per heavy atom. The van der Waals surface area contributed by atoms with Crippen LogP contribution in [-0.2, 0) is 23.0 Å². The molecule has 18 heavy (non-hydrogen) atoms. The van der Waals surface area contributed by atoms with Crippen molar-refractivity contribution < 1.29 is 8.42 Å². The molecule has 1 atom stereocenters. The molecule has 0 radical (unpaired) electrons. The average Bonchev–Trinajstić information content (AvgIpc) is 2.37. The van der Waals surface area contributed by atoms with E-state index in [0.717, 1.165) is 17.5 Å². The van der Waals surface area contributed by atoms with Crippen molar-refractivity contribution in [3.63, 3.8) is 0 Å². The molecule has 98 valence electrons. The first-order valence-corrected chi connectivity index (χ1v) is 7.20. The van der Waals surface area contributed by atoms with Gasteiger partial charge in [0.25, 0.3) is 0 Å². The third-order valence-corrected chi connectivity index (χ3v) is 4.16. The minimum atomic E-state index is -3.56. The summed E-state index contributed by atoms with van der Waals surface area (Å²) in [5, 5.41) is 7.53. The van der Waals surface area contributed by atoms with E-state index >= 15 is 0 Å². The molecule has 0 fully saturated rings. The fourth-order valence-corrected chi connectivity index (χ4v) is 2.13. The zero-order chi connectivity index (χ0) is 13.6. The van der Waals surface area contributed by atoms with E-state index in [1.54, 1.807) is 6.07 Å². The summed E-state index contributed by atoms with van der Waals surface area (Å²) >= 11 is 0. The first-order valence-electron chi connectivity index (χ1n) is 5.65. The Balaban J connectivity index is 2.62. The second-order valence-corrected chi connectivity index (χ2v) is 6.08. The van der Waals surface area contributed by atoms with Gasteiger partial charge < -0.3 is 5.73 Å². The molecular weight excluding hydrogens is 250 g/mol. The molecule has 0 spiro atoms. The van der Waals surface area contributed by atoms with Crippen molar-refractivity contribution in [3.8, 4) is 6.07 Å². The van der Waals surface area contributed by atoms with E-state index in [4.69, 9.17) is 11.0 Å². The van der Waals surface area contributed by atoms with Gasteiger partial charge in [0, 0.05) is 6.54 Å². The quantitative estimate of drug-likeness (QED) is 0.785. The van der Waals surface area contributed by atoms with Gasteiger partial charge in [-0.15, -0.1) is 0 Å². The molecule has 1 aromatic rings. The number of hydrogen-bond donors (Lipinski definition) is 2. The molecule has 0 bridgehead atoms. The van der Waals surface area contributed by atoms with E-state index in [9.17, 15) is 8.42 Å². The molecule has 1 unspecified atom stereocenters. The second kappa shape index (κ2) is 6.50. The maximum atomic E-state index is 11.6. The molecule has 0 amide bonds. The highest BCUT2D eigenvalue weighted by Gasteiger charge is 2.19. The van der Waals surface area contributed by atoms with Gasteiger partial charge >= 0.3 is 0 Å². The van der Waals surface area contributed by atoms with E-state index in [0.29, 0.717) is 6.54 Å². The van der Waals surface area contributed by atoms with Crippen molar-refractivity contribution in [1.29, 1.82) is 5.26 Å². The number of benzene rings is 1. The summed E-state index contributed by atoms with van der Waals surface area (Å²) in [6, 6.07) is 9.25. The number of nitrogens with two attached hydrogens (primary N) is 1. The van der Waals surface area contributed by atoms with E-state index in [1.807, 2.05) is 24.3 Å². The molecule has 0 aliphatic rings. The van der Waals surface area contributed by atoms with Crippen molar-refractivity contribution in [2.24, 2.45) is 5.73 Å². The van der Waals surface area contributed by atoms with Gasteiger partial charge in [0.15, 0.2) is 5.25 Å². The Hall–Kier alpha value is -1.42. The summed E-state index contributed by atoms with van der Waals surface area (Å²) in [6.45, 7) is 2.13.